The molecule has 9 heteroatoms. The number of rotatable bonds is 12. The molecule has 214 valence electrons. The summed E-state index contributed by atoms with van der Waals surface area (Å²) in [6, 6.07) is 15.8. The molecule has 2 aliphatic heterocycles. The second-order valence-electron chi connectivity index (χ2n) is 10.5. The average molecular weight is 558 g/mol. The Morgan fingerprint density at radius 3 is 2.41 bits per heavy atom. The lowest BCUT2D eigenvalue weighted by Gasteiger charge is -2.20. The Balaban J connectivity index is 1.06. The third kappa shape index (κ3) is 6.85. The Labute approximate surface area is 239 Å². The molecular formula is C32H35N3O6. The molecular weight excluding hydrogens is 522 g/mol. The quantitative estimate of drug-likeness (QED) is 0.131. The van der Waals surface area contributed by atoms with E-state index in [1.807, 2.05) is 49.2 Å². The minimum atomic E-state index is -0.460. The first kappa shape index (κ1) is 28.1. The number of nitro groups is 1. The van der Waals surface area contributed by atoms with Crippen molar-refractivity contribution >= 4 is 23.5 Å². The fourth-order valence-electron chi connectivity index (χ4n) is 5.11. The molecule has 0 aliphatic carbocycles. The highest BCUT2D eigenvalue weighted by molar-refractivity contribution is 6.03. The number of nitro benzene ring substituents is 1. The second-order valence-corrected chi connectivity index (χ2v) is 10.5. The molecule has 2 aliphatic rings. The molecule has 9 nitrogen and oxygen atoms in total. The molecule has 41 heavy (non-hydrogen) atoms. The van der Waals surface area contributed by atoms with Crippen molar-refractivity contribution in [3.63, 3.8) is 0 Å². The van der Waals surface area contributed by atoms with E-state index in [0.717, 1.165) is 61.9 Å². The average Bonchev–Trinajstić information content (AvgIpc) is 3.39. The number of carbonyl (C=O) groups is 1. The number of unbranched alkanes of at least 4 members (excludes halogenated alkanes) is 3. The van der Waals surface area contributed by atoms with Crippen LogP contribution in [0.2, 0.25) is 0 Å². The summed E-state index contributed by atoms with van der Waals surface area (Å²) < 4.78 is 17.7. The molecule has 0 aromatic heterocycles. The zero-order valence-corrected chi connectivity index (χ0v) is 23.5. The summed E-state index contributed by atoms with van der Waals surface area (Å²) in [6.45, 7) is 5.79. The van der Waals surface area contributed by atoms with Gasteiger partial charge in [-0.1, -0.05) is 17.7 Å². The van der Waals surface area contributed by atoms with E-state index in [9.17, 15) is 14.9 Å². The highest BCUT2D eigenvalue weighted by Crippen LogP contribution is 2.36. The number of amides is 1. The SMILES string of the molecule is Cc1ccc(Oc2cc(OCCCCCCOc3cc4c(cc3C)C(=O)N3CCC[C@H]3C=N4)ccc2[N+](=O)[O-])cc1. The van der Waals surface area contributed by atoms with Gasteiger partial charge in [-0.3, -0.25) is 19.9 Å². The van der Waals surface area contributed by atoms with Crippen LogP contribution >= 0.6 is 0 Å². The van der Waals surface area contributed by atoms with Gasteiger partial charge in [0.1, 0.15) is 17.2 Å². The van der Waals surface area contributed by atoms with Crippen LogP contribution in [0, 0.1) is 24.0 Å². The van der Waals surface area contributed by atoms with E-state index < -0.39 is 4.92 Å². The Morgan fingerprint density at radius 2 is 1.66 bits per heavy atom. The lowest BCUT2D eigenvalue weighted by atomic mass is 10.1. The number of hydrogen-bond donors (Lipinski definition) is 0. The summed E-state index contributed by atoms with van der Waals surface area (Å²) >= 11 is 0. The third-order valence-corrected chi connectivity index (χ3v) is 7.41. The van der Waals surface area contributed by atoms with Gasteiger partial charge in [0.05, 0.1) is 35.4 Å². The molecule has 2 heterocycles. The van der Waals surface area contributed by atoms with Crippen molar-refractivity contribution < 1.29 is 23.9 Å². The van der Waals surface area contributed by atoms with E-state index in [-0.39, 0.29) is 23.4 Å². The predicted molar refractivity (Wildman–Crippen MR) is 157 cm³/mol. The normalized spacial score (nSPS) is 15.7. The number of nitrogens with zero attached hydrogens (tertiary/aromatic N) is 3. The highest BCUT2D eigenvalue weighted by Gasteiger charge is 2.32. The highest BCUT2D eigenvalue weighted by atomic mass is 16.6. The molecule has 1 atom stereocenters. The summed E-state index contributed by atoms with van der Waals surface area (Å²) in [5.41, 5.74) is 3.24. The van der Waals surface area contributed by atoms with Gasteiger partial charge in [-0.05, 0) is 82.2 Å². The van der Waals surface area contributed by atoms with Crippen LogP contribution in [-0.4, -0.2) is 47.7 Å². The Bertz CT molecular complexity index is 1440. The summed E-state index contributed by atoms with van der Waals surface area (Å²) in [5, 5.41) is 11.5. The van der Waals surface area contributed by atoms with E-state index >= 15 is 0 Å². The molecule has 0 radical (unpaired) electrons. The van der Waals surface area contributed by atoms with Gasteiger partial charge in [0.15, 0.2) is 0 Å². The first-order valence-corrected chi connectivity index (χ1v) is 14.2. The largest absolute Gasteiger partial charge is 0.493 e. The van der Waals surface area contributed by atoms with Crippen molar-refractivity contribution in [1.82, 2.24) is 4.90 Å². The van der Waals surface area contributed by atoms with E-state index in [1.54, 1.807) is 24.3 Å². The van der Waals surface area contributed by atoms with Crippen LogP contribution in [0.1, 0.15) is 60.0 Å². The van der Waals surface area contributed by atoms with Crippen LogP contribution in [0.25, 0.3) is 0 Å². The standard InChI is InChI=1S/C32H35N3O6/c1-22-9-11-25(12-10-22)41-31-19-26(13-14-29(31)35(37)38)39-16-5-3-4-6-17-40-30-20-28-27(18-23(30)2)32(36)34-15-7-8-24(34)21-33-28/h9-14,18-21,24H,3-8,15-17H2,1-2H3/t24-/m0/s1. The molecule has 0 saturated carbocycles. The van der Waals surface area contributed by atoms with Gasteiger partial charge in [-0.25, -0.2) is 0 Å². The van der Waals surface area contributed by atoms with E-state index in [2.05, 4.69) is 4.99 Å². The second kappa shape index (κ2) is 12.8. The monoisotopic (exact) mass is 557 g/mol. The van der Waals surface area contributed by atoms with Gasteiger partial charge in [0.25, 0.3) is 5.91 Å². The lowest BCUT2D eigenvalue weighted by molar-refractivity contribution is -0.385. The molecule has 1 saturated heterocycles. The summed E-state index contributed by atoms with van der Waals surface area (Å²) in [4.78, 5) is 30.5. The van der Waals surface area contributed by atoms with Crippen LogP contribution in [0.4, 0.5) is 11.4 Å². The van der Waals surface area contributed by atoms with Gasteiger partial charge in [-0.15, -0.1) is 0 Å². The molecule has 1 amide bonds. The van der Waals surface area contributed by atoms with Gasteiger partial charge in [-0.2, -0.15) is 0 Å². The number of ether oxygens (including phenoxy) is 3. The van der Waals surface area contributed by atoms with Crippen molar-refractivity contribution in [2.45, 2.75) is 58.4 Å². The summed E-state index contributed by atoms with van der Waals surface area (Å²) in [5.74, 6) is 2.03. The predicted octanol–water partition coefficient (Wildman–Crippen LogP) is 7.34. The first-order chi connectivity index (χ1) is 19.9. The smallest absolute Gasteiger partial charge is 0.311 e. The molecule has 0 N–H and O–H groups in total. The van der Waals surface area contributed by atoms with Crippen molar-refractivity contribution in [2.75, 3.05) is 19.8 Å². The third-order valence-electron chi connectivity index (χ3n) is 7.41. The van der Waals surface area contributed by atoms with Crippen molar-refractivity contribution in [2.24, 2.45) is 4.99 Å². The molecule has 1 fully saturated rings. The summed E-state index contributed by atoms with van der Waals surface area (Å²) in [6.07, 6.45) is 7.55. The zero-order chi connectivity index (χ0) is 28.8. The topological polar surface area (TPSA) is 104 Å². The van der Waals surface area contributed by atoms with Crippen LogP contribution in [0.3, 0.4) is 0 Å². The Morgan fingerprint density at radius 1 is 0.927 bits per heavy atom. The van der Waals surface area contributed by atoms with Gasteiger partial charge in [0.2, 0.25) is 5.75 Å². The van der Waals surface area contributed by atoms with Crippen LogP contribution in [0.15, 0.2) is 59.6 Å². The molecule has 0 unspecified atom stereocenters. The number of aryl methyl sites for hydroxylation is 2. The first-order valence-electron chi connectivity index (χ1n) is 14.2. The van der Waals surface area contributed by atoms with Gasteiger partial charge >= 0.3 is 5.69 Å². The number of fused-ring (bicyclic) bond motifs is 2. The molecule has 3 aromatic rings. The Hall–Kier alpha value is -4.40. The fraction of sp³-hybridized carbons (Fsp3) is 0.375. The zero-order valence-electron chi connectivity index (χ0n) is 23.5. The maximum Gasteiger partial charge on any atom is 0.311 e. The van der Waals surface area contributed by atoms with Crippen LogP contribution < -0.4 is 14.2 Å². The number of benzene rings is 3. The van der Waals surface area contributed by atoms with Gasteiger partial charge < -0.3 is 19.1 Å². The minimum absolute atomic E-state index is 0.0561. The van der Waals surface area contributed by atoms with Crippen molar-refractivity contribution in [3.8, 4) is 23.0 Å². The molecule has 0 bridgehead atoms. The molecule has 3 aromatic carbocycles. The maximum absolute atomic E-state index is 13.0. The van der Waals surface area contributed by atoms with E-state index in [4.69, 9.17) is 14.2 Å². The van der Waals surface area contributed by atoms with E-state index in [0.29, 0.717) is 36.0 Å². The van der Waals surface area contributed by atoms with Crippen LogP contribution in [-0.2, 0) is 0 Å². The van der Waals surface area contributed by atoms with Crippen molar-refractivity contribution in [3.05, 3.63) is 81.4 Å². The van der Waals surface area contributed by atoms with E-state index in [1.165, 1.54) is 6.07 Å². The summed E-state index contributed by atoms with van der Waals surface area (Å²) in [7, 11) is 0. The van der Waals surface area contributed by atoms with Crippen LogP contribution in [0.5, 0.6) is 23.0 Å². The minimum Gasteiger partial charge on any atom is -0.493 e. The number of aliphatic imine (C=N–C) groups is 1. The molecule has 0 spiro atoms. The van der Waals surface area contributed by atoms with Crippen molar-refractivity contribution in [1.29, 1.82) is 0 Å². The maximum atomic E-state index is 13.0. The fourth-order valence-corrected chi connectivity index (χ4v) is 5.11. The molecule has 5 rings (SSSR count). The number of hydrogen-bond acceptors (Lipinski definition) is 7. The lowest BCUT2D eigenvalue weighted by Crippen LogP contribution is -2.35. The van der Waals surface area contributed by atoms with Gasteiger partial charge in [0, 0.05) is 31.0 Å². The number of carbonyl (C=O) groups excluding carboxylic acids is 1. The Kier molecular flexibility index (Phi) is 8.82.